The summed E-state index contributed by atoms with van der Waals surface area (Å²) in [6.45, 7) is 0.372. The number of carbonyl (C=O) groups excluding carboxylic acids is 1. The molecule has 0 fully saturated rings. The van der Waals surface area contributed by atoms with Crippen LogP contribution in [0.3, 0.4) is 0 Å². The van der Waals surface area contributed by atoms with Gasteiger partial charge in [-0.2, -0.15) is 0 Å². The second-order valence-electron chi connectivity index (χ2n) is 7.66. The van der Waals surface area contributed by atoms with Crippen molar-refractivity contribution in [3.05, 3.63) is 89.5 Å². The lowest BCUT2D eigenvalue weighted by Crippen LogP contribution is -2.36. The number of hydrogen-bond donors (Lipinski definition) is 1. The Bertz CT molecular complexity index is 1020. The van der Waals surface area contributed by atoms with Gasteiger partial charge in [-0.3, -0.25) is 0 Å². The fraction of sp³-hybridized carbons (Fsp3) is 0.269. The third kappa shape index (κ3) is 4.33. The number of methoxy groups -OCH3 is 1. The number of nitrogens with one attached hydrogen (secondary N) is 1. The number of alkyl halides is 1. The lowest BCUT2D eigenvalue weighted by Gasteiger charge is -2.32. The van der Waals surface area contributed by atoms with Crippen molar-refractivity contribution < 1.29 is 14.3 Å². The summed E-state index contributed by atoms with van der Waals surface area (Å²) >= 11 is 3.52. The van der Waals surface area contributed by atoms with Crippen molar-refractivity contribution in [2.24, 2.45) is 0 Å². The molecule has 1 amide bonds. The summed E-state index contributed by atoms with van der Waals surface area (Å²) in [6, 6.07) is 24.1. The molecule has 0 saturated heterocycles. The molecule has 0 unspecified atom stereocenters. The van der Waals surface area contributed by atoms with E-state index >= 15 is 0 Å². The average molecular weight is 480 g/mol. The highest BCUT2D eigenvalue weighted by atomic mass is 79.9. The maximum atomic E-state index is 13.0. The van der Waals surface area contributed by atoms with E-state index in [1.807, 2.05) is 48.5 Å². The van der Waals surface area contributed by atoms with Gasteiger partial charge >= 0.3 is 6.09 Å². The summed E-state index contributed by atoms with van der Waals surface area (Å²) in [7, 11) is 1.63. The molecule has 0 aromatic heterocycles. The molecule has 0 heterocycles. The van der Waals surface area contributed by atoms with Crippen LogP contribution in [0.5, 0.6) is 5.75 Å². The molecule has 1 aliphatic carbocycles. The molecule has 0 spiro atoms. The topological polar surface area (TPSA) is 47.6 Å². The van der Waals surface area contributed by atoms with E-state index in [0.29, 0.717) is 6.54 Å². The highest BCUT2D eigenvalue weighted by molar-refractivity contribution is 9.09. The molecule has 0 aliphatic heterocycles. The Kier molecular flexibility index (Phi) is 6.62. The van der Waals surface area contributed by atoms with Crippen molar-refractivity contribution in [3.63, 3.8) is 0 Å². The average Bonchev–Trinajstić information content (AvgIpc) is 3.08. The van der Waals surface area contributed by atoms with Crippen molar-refractivity contribution in [1.29, 1.82) is 0 Å². The summed E-state index contributed by atoms with van der Waals surface area (Å²) in [5.74, 6) is 0.762. The molecule has 0 radical (unpaired) electrons. The molecule has 1 N–H and O–H groups in total. The van der Waals surface area contributed by atoms with Gasteiger partial charge in [-0.05, 0) is 48.1 Å². The largest absolute Gasteiger partial charge is 0.497 e. The maximum absolute atomic E-state index is 13.0. The number of benzene rings is 3. The molecule has 4 rings (SSSR count). The summed E-state index contributed by atoms with van der Waals surface area (Å²) in [5.41, 5.74) is 4.56. The van der Waals surface area contributed by atoms with Gasteiger partial charge in [0, 0.05) is 23.0 Å². The highest BCUT2D eigenvalue weighted by Crippen LogP contribution is 2.52. The van der Waals surface area contributed by atoms with Crippen molar-refractivity contribution in [1.82, 2.24) is 5.32 Å². The van der Waals surface area contributed by atoms with E-state index in [9.17, 15) is 4.79 Å². The summed E-state index contributed by atoms with van der Waals surface area (Å²) in [6.07, 6.45) is 2.27. The Morgan fingerprint density at radius 2 is 1.61 bits per heavy atom. The number of halogens is 1. The van der Waals surface area contributed by atoms with Crippen LogP contribution in [0, 0.1) is 0 Å². The van der Waals surface area contributed by atoms with Crippen LogP contribution in [0.25, 0.3) is 11.1 Å². The summed E-state index contributed by atoms with van der Waals surface area (Å²) in [4.78, 5) is 13.0. The standard InChI is InChI=1S/C26H26BrNO3/c1-30-20-10-8-9-19(17-20)18-28-25(29)31-26(15-6-7-16-27)23-13-4-2-11-21(23)22-12-3-5-14-24(22)26/h2-5,8-14,17H,6-7,15-16,18H2,1H3,(H,28,29). The van der Waals surface area contributed by atoms with Crippen LogP contribution in [0.2, 0.25) is 0 Å². The van der Waals surface area contributed by atoms with Crippen molar-refractivity contribution in [2.45, 2.75) is 31.4 Å². The maximum Gasteiger partial charge on any atom is 0.408 e. The van der Waals surface area contributed by atoms with E-state index in [1.54, 1.807) is 7.11 Å². The van der Waals surface area contributed by atoms with E-state index in [0.717, 1.165) is 58.2 Å². The first-order chi connectivity index (χ1) is 15.2. The van der Waals surface area contributed by atoms with E-state index in [4.69, 9.17) is 9.47 Å². The number of ether oxygens (including phenoxy) is 2. The van der Waals surface area contributed by atoms with Gasteiger partial charge in [0.25, 0.3) is 0 Å². The zero-order chi connectivity index (χ0) is 21.7. The molecule has 0 saturated carbocycles. The lowest BCUT2D eigenvalue weighted by molar-refractivity contribution is 0.0334. The predicted molar refractivity (Wildman–Crippen MR) is 127 cm³/mol. The number of carbonyl (C=O) groups is 1. The Hall–Kier alpha value is -2.79. The van der Waals surface area contributed by atoms with Crippen LogP contribution >= 0.6 is 15.9 Å². The molecule has 160 valence electrons. The number of fused-ring (bicyclic) bond motifs is 3. The molecule has 0 atom stereocenters. The molecular formula is C26H26BrNO3. The molecule has 1 aliphatic rings. The molecular weight excluding hydrogens is 454 g/mol. The Morgan fingerprint density at radius 3 is 2.26 bits per heavy atom. The molecule has 3 aromatic rings. The zero-order valence-electron chi connectivity index (χ0n) is 17.6. The SMILES string of the molecule is COc1cccc(CNC(=O)OC2(CCCCBr)c3ccccc3-c3ccccc32)c1. The first-order valence-electron chi connectivity index (χ1n) is 10.5. The fourth-order valence-electron chi connectivity index (χ4n) is 4.34. The Labute approximate surface area is 191 Å². The van der Waals surface area contributed by atoms with Crippen LogP contribution in [0.4, 0.5) is 4.79 Å². The van der Waals surface area contributed by atoms with Crippen LogP contribution in [-0.4, -0.2) is 18.5 Å². The highest BCUT2D eigenvalue weighted by Gasteiger charge is 2.46. The summed E-state index contributed by atoms with van der Waals surface area (Å²) in [5, 5.41) is 3.85. The first-order valence-corrected chi connectivity index (χ1v) is 11.7. The van der Waals surface area contributed by atoms with Gasteiger partial charge in [0.1, 0.15) is 5.75 Å². The monoisotopic (exact) mass is 479 g/mol. The normalized spacial score (nSPS) is 13.2. The van der Waals surface area contributed by atoms with Crippen LogP contribution in [-0.2, 0) is 16.9 Å². The zero-order valence-corrected chi connectivity index (χ0v) is 19.2. The third-order valence-electron chi connectivity index (χ3n) is 5.76. The minimum Gasteiger partial charge on any atom is -0.497 e. The fourth-order valence-corrected chi connectivity index (χ4v) is 4.73. The first kappa shape index (κ1) is 21.4. The van der Waals surface area contributed by atoms with Gasteiger partial charge in [0.05, 0.1) is 7.11 Å². The molecule has 5 heteroatoms. The van der Waals surface area contributed by atoms with Crippen LogP contribution in [0.1, 0.15) is 36.0 Å². The Balaban J connectivity index is 1.62. The van der Waals surface area contributed by atoms with Crippen molar-refractivity contribution in [3.8, 4) is 16.9 Å². The molecule has 0 bridgehead atoms. The minimum absolute atomic E-state index is 0.372. The smallest absolute Gasteiger partial charge is 0.408 e. The third-order valence-corrected chi connectivity index (χ3v) is 6.33. The van der Waals surface area contributed by atoms with Gasteiger partial charge in [-0.25, -0.2) is 4.79 Å². The predicted octanol–water partition coefficient (Wildman–Crippen LogP) is 6.41. The van der Waals surface area contributed by atoms with Gasteiger partial charge < -0.3 is 14.8 Å². The van der Waals surface area contributed by atoms with Gasteiger partial charge in [0.15, 0.2) is 5.60 Å². The lowest BCUT2D eigenvalue weighted by atomic mass is 9.86. The van der Waals surface area contributed by atoms with Crippen molar-refractivity contribution >= 4 is 22.0 Å². The molecule has 3 aromatic carbocycles. The van der Waals surface area contributed by atoms with E-state index in [-0.39, 0.29) is 0 Å². The number of hydrogen-bond acceptors (Lipinski definition) is 3. The number of rotatable bonds is 8. The second-order valence-corrected chi connectivity index (χ2v) is 8.45. The van der Waals surface area contributed by atoms with Gasteiger partial charge in [-0.1, -0.05) is 76.6 Å². The minimum atomic E-state index is -0.784. The van der Waals surface area contributed by atoms with E-state index < -0.39 is 11.7 Å². The Morgan fingerprint density at radius 1 is 0.935 bits per heavy atom. The number of unbranched alkanes of at least 4 members (excludes halogenated alkanes) is 1. The summed E-state index contributed by atoms with van der Waals surface area (Å²) < 4.78 is 11.6. The van der Waals surface area contributed by atoms with E-state index in [1.165, 1.54) is 0 Å². The number of alkyl carbamates (subject to hydrolysis) is 1. The van der Waals surface area contributed by atoms with Gasteiger partial charge in [0.2, 0.25) is 0 Å². The number of amides is 1. The van der Waals surface area contributed by atoms with E-state index in [2.05, 4.69) is 45.5 Å². The molecule has 4 nitrogen and oxygen atoms in total. The molecule has 31 heavy (non-hydrogen) atoms. The van der Waals surface area contributed by atoms with Crippen molar-refractivity contribution in [2.75, 3.05) is 12.4 Å². The van der Waals surface area contributed by atoms with Gasteiger partial charge in [-0.15, -0.1) is 0 Å². The quantitative estimate of drug-likeness (QED) is 0.299. The second kappa shape index (κ2) is 9.56. The van der Waals surface area contributed by atoms with Crippen LogP contribution in [0.15, 0.2) is 72.8 Å². The van der Waals surface area contributed by atoms with Crippen LogP contribution < -0.4 is 10.1 Å².